The first kappa shape index (κ1) is 12.0. The third-order valence-electron chi connectivity index (χ3n) is 2.23. The van der Waals surface area contributed by atoms with Gasteiger partial charge in [-0.2, -0.15) is 8.75 Å². The molecule has 0 saturated heterocycles. The van der Waals surface area contributed by atoms with E-state index in [0.29, 0.717) is 16.7 Å². The minimum absolute atomic E-state index is 0.484. The quantitative estimate of drug-likeness (QED) is 0.680. The van der Waals surface area contributed by atoms with Crippen LogP contribution in [0.2, 0.25) is 5.02 Å². The molecule has 18 heavy (non-hydrogen) atoms. The monoisotopic (exact) mass is 389 g/mol. The van der Waals surface area contributed by atoms with Crippen LogP contribution in [0.4, 0.5) is 11.6 Å². The van der Waals surface area contributed by atoms with E-state index in [4.69, 9.17) is 11.6 Å². The normalized spacial score (nSPS) is 10.8. The lowest BCUT2D eigenvalue weighted by Gasteiger charge is -2.06. The third-order valence-corrected chi connectivity index (χ3v) is 3.65. The molecule has 5 nitrogen and oxygen atoms in total. The lowest BCUT2D eigenvalue weighted by atomic mass is 10.2. The maximum Gasteiger partial charge on any atom is 0.227 e. The van der Waals surface area contributed by atoms with Crippen LogP contribution in [0, 0.1) is 3.57 Å². The van der Waals surface area contributed by atoms with E-state index in [0.717, 1.165) is 26.3 Å². The van der Waals surface area contributed by atoms with Crippen molar-refractivity contribution in [2.75, 3.05) is 5.32 Å². The SMILES string of the molecule is Clc1ccc2nsnc2c1Nc1ncc(I)cn1. The molecule has 0 aliphatic rings. The minimum Gasteiger partial charge on any atom is -0.321 e. The number of halogens is 2. The van der Waals surface area contributed by atoms with E-state index in [1.54, 1.807) is 18.5 Å². The fourth-order valence-corrected chi connectivity index (χ4v) is 2.46. The Morgan fingerprint density at radius 1 is 1.17 bits per heavy atom. The average molecular weight is 390 g/mol. The van der Waals surface area contributed by atoms with Gasteiger partial charge in [-0.05, 0) is 34.7 Å². The van der Waals surface area contributed by atoms with Crippen molar-refractivity contribution in [2.45, 2.75) is 0 Å². The van der Waals surface area contributed by atoms with Gasteiger partial charge in [0.05, 0.1) is 22.4 Å². The van der Waals surface area contributed by atoms with Crippen LogP contribution in [0.15, 0.2) is 24.5 Å². The Morgan fingerprint density at radius 2 is 1.94 bits per heavy atom. The first-order valence-electron chi connectivity index (χ1n) is 4.89. The van der Waals surface area contributed by atoms with Gasteiger partial charge in [-0.15, -0.1) is 0 Å². The van der Waals surface area contributed by atoms with Crippen LogP contribution in [-0.2, 0) is 0 Å². The number of benzene rings is 1. The fourth-order valence-electron chi connectivity index (χ4n) is 1.43. The first-order valence-corrected chi connectivity index (χ1v) is 7.08. The number of hydrogen-bond acceptors (Lipinski definition) is 6. The Morgan fingerprint density at radius 3 is 2.72 bits per heavy atom. The Balaban J connectivity index is 2.06. The average Bonchev–Trinajstić information content (AvgIpc) is 2.84. The Hall–Kier alpha value is -1.06. The zero-order valence-electron chi connectivity index (χ0n) is 8.76. The molecule has 3 aromatic rings. The summed E-state index contributed by atoms with van der Waals surface area (Å²) in [7, 11) is 0. The van der Waals surface area contributed by atoms with Crippen LogP contribution in [0.1, 0.15) is 0 Å². The Bertz CT molecular complexity index is 699. The van der Waals surface area contributed by atoms with Crippen molar-refractivity contribution in [3.63, 3.8) is 0 Å². The van der Waals surface area contributed by atoms with E-state index in [1.165, 1.54) is 0 Å². The number of fused-ring (bicyclic) bond motifs is 1. The summed E-state index contributed by atoms with van der Waals surface area (Å²) in [6, 6.07) is 3.61. The molecule has 3 rings (SSSR count). The first-order chi connectivity index (χ1) is 8.74. The highest BCUT2D eigenvalue weighted by Gasteiger charge is 2.11. The Labute approximate surface area is 125 Å². The second-order valence-electron chi connectivity index (χ2n) is 3.40. The van der Waals surface area contributed by atoms with Gasteiger partial charge in [-0.1, -0.05) is 11.6 Å². The molecular weight excluding hydrogens is 385 g/mol. The number of nitrogens with one attached hydrogen (secondary N) is 1. The summed E-state index contributed by atoms with van der Waals surface area (Å²) >= 11 is 9.45. The zero-order valence-corrected chi connectivity index (χ0v) is 12.5. The molecule has 2 aromatic heterocycles. The molecule has 0 aliphatic heterocycles. The van der Waals surface area contributed by atoms with E-state index < -0.39 is 0 Å². The molecule has 8 heteroatoms. The molecule has 1 aromatic carbocycles. The van der Waals surface area contributed by atoms with Crippen molar-refractivity contribution in [3.8, 4) is 0 Å². The second kappa shape index (κ2) is 4.90. The van der Waals surface area contributed by atoms with Crippen LogP contribution in [0.25, 0.3) is 11.0 Å². The predicted octanol–water partition coefficient (Wildman–Crippen LogP) is 3.48. The molecule has 1 N–H and O–H groups in total. The number of aromatic nitrogens is 4. The number of hydrogen-bond donors (Lipinski definition) is 1. The number of rotatable bonds is 2. The summed E-state index contributed by atoms with van der Waals surface area (Å²) in [6.07, 6.45) is 3.45. The topological polar surface area (TPSA) is 63.6 Å². The highest BCUT2D eigenvalue weighted by molar-refractivity contribution is 14.1. The molecule has 0 fully saturated rings. The molecule has 0 aliphatic carbocycles. The Kier molecular flexibility index (Phi) is 3.27. The molecule has 0 spiro atoms. The summed E-state index contributed by atoms with van der Waals surface area (Å²) in [5.41, 5.74) is 2.22. The number of nitrogens with zero attached hydrogens (tertiary/aromatic N) is 4. The van der Waals surface area contributed by atoms with Gasteiger partial charge in [0.15, 0.2) is 0 Å². The predicted molar refractivity (Wildman–Crippen MR) is 80.5 cm³/mol. The molecular formula is C10H5ClIN5S. The lowest BCUT2D eigenvalue weighted by molar-refractivity contribution is 1.15. The van der Waals surface area contributed by atoms with E-state index in [-0.39, 0.29) is 0 Å². The highest BCUT2D eigenvalue weighted by Crippen LogP contribution is 2.31. The number of anilines is 2. The van der Waals surface area contributed by atoms with Gasteiger partial charge >= 0.3 is 0 Å². The summed E-state index contributed by atoms with van der Waals surface area (Å²) in [4.78, 5) is 8.35. The smallest absolute Gasteiger partial charge is 0.227 e. The van der Waals surface area contributed by atoms with E-state index >= 15 is 0 Å². The van der Waals surface area contributed by atoms with Crippen molar-refractivity contribution in [2.24, 2.45) is 0 Å². The van der Waals surface area contributed by atoms with Crippen molar-refractivity contribution in [1.29, 1.82) is 0 Å². The summed E-state index contributed by atoms with van der Waals surface area (Å²) in [6.45, 7) is 0. The lowest BCUT2D eigenvalue weighted by Crippen LogP contribution is -1.98. The van der Waals surface area contributed by atoms with Gasteiger partial charge in [0.25, 0.3) is 0 Å². The fraction of sp³-hybridized carbons (Fsp3) is 0. The largest absolute Gasteiger partial charge is 0.321 e. The van der Waals surface area contributed by atoms with E-state index in [2.05, 4.69) is 46.6 Å². The van der Waals surface area contributed by atoms with Crippen LogP contribution in [0.3, 0.4) is 0 Å². The van der Waals surface area contributed by atoms with Crippen molar-refractivity contribution in [3.05, 3.63) is 33.1 Å². The minimum atomic E-state index is 0.484. The molecule has 0 atom stereocenters. The van der Waals surface area contributed by atoms with Gasteiger partial charge in [0, 0.05) is 16.0 Å². The third kappa shape index (κ3) is 2.25. The van der Waals surface area contributed by atoms with Gasteiger partial charge in [-0.3, -0.25) is 0 Å². The van der Waals surface area contributed by atoms with Crippen molar-refractivity contribution >= 4 is 68.6 Å². The molecule has 0 amide bonds. The standard InChI is InChI=1S/C10H5ClIN5S/c11-6-1-2-7-9(17-18-16-7)8(6)15-10-13-3-5(12)4-14-10/h1-4H,(H,13,14,15). The van der Waals surface area contributed by atoms with Crippen molar-refractivity contribution < 1.29 is 0 Å². The van der Waals surface area contributed by atoms with Gasteiger partial charge in [-0.25, -0.2) is 9.97 Å². The molecule has 0 unspecified atom stereocenters. The maximum atomic E-state index is 6.16. The van der Waals surface area contributed by atoms with E-state index in [1.807, 2.05) is 6.07 Å². The van der Waals surface area contributed by atoms with Gasteiger partial charge < -0.3 is 5.32 Å². The summed E-state index contributed by atoms with van der Waals surface area (Å²) < 4.78 is 9.36. The van der Waals surface area contributed by atoms with Crippen LogP contribution >= 0.6 is 45.9 Å². The molecule has 0 saturated carbocycles. The summed E-state index contributed by atoms with van der Waals surface area (Å²) in [5.74, 6) is 0.484. The molecule has 0 bridgehead atoms. The van der Waals surface area contributed by atoms with Gasteiger partial charge in [0.2, 0.25) is 5.95 Å². The summed E-state index contributed by atoms with van der Waals surface area (Å²) in [5, 5.41) is 3.64. The molecule has 90 valence electrons. The van der Waals surface area contributed by atoms with Crippen molar-refractivity contribution in [1.82, 2.24) is 18.7 Å². The van der Waals surface area contributed by atoms with Crippen LogP contribution in [0.5, 0.6) is 0 Å². The molecule has 2 heterocycles. The van der Waals surface area contributed by atoms with Crippen LogP contribution in [-0.4, -0.2) is 18.7 Å². The second-order valence-corrected chi connectivity index (χ2v) is 5.59. The highest BCUT2D eigenvalue weighted by atomic mass is 127. The molecule has 0 radical (unpaired) electrons. The van der Waals surface area contributed by atoms with Crippen LogP contribution < -0.4 is 5.32 Å². The maximum absolute atomic E-state index is 6.16. The van der Waals surface area contributed by atoms with Gasteiger partial charge in [0.1, 0.15) is 11.0 Å². The zero-order chi connectivity index (χ0) is 12.5. The van der Waals surface area contributed by atoms with E-state index in [9.17, 15) is 0 Å².